The number of hydrogen-bond donors (Lipinski definition) is 2. The van der Waals surface area contributed by atoms with Crippen molar-refractivity contribution in [2.75, 3.05) is 0 Å². The molecule has 0 amide bonds. The molecule has 0 bridgehead atoms. The zero-order valence-corrected chi connectivity index (χ0v) is 12.6. The van der Waals surface area contributed by atoms with E-state index >= 15 is 0 Å². The van der Waals surface area contributed by atoms with Crippen molar-refractivity contribution >= 4 is 26.9 Å². The molecule has 0 saturated heterocycles. The van der Waals surface area contributed by atoms with Crippen molar-refractivity contribution in [1.82, 2.24) is 5.43 Å². The summed E-state index contributed by atoms with van der Waals surface area (Å²) in [6, 6.07) is 16.0. The van der Waals surface area contributed by atoms with E-state index in [4.69, 9.17) is 10.3 Å². The summed E-state index contributed by atoms with van der Waals surface area (Å²) in [7, 11) is 0. The zero-order chi connectivity index (χ0) is 14.1. The molecule has 3 aromatic rings. The number of nitrogens with one attached hydrogen (secondary N) is 1. The van der Waals surface area contributed by atoms with E-state index in [9.17, 15) is 0 Å². The van der Waals surface area contributed by atoms with Crippen LogP contribution in [0.25, 0.3) is 11.0 Å². The third-order valence-electron chi connectivity index (χ3n) is 3.35. The van der Waals surface area contributed by atoms with Crippen molar-refractivity contribution in [1.29, 1.82) is 0 Å². The fraction of sp³-hybridized carbons (Fsp3) is 0.125. The van der Waals surface area contributed by atoms with Crippen LogP contribution in [0.2, 0.25) is 0 Å². The third-order valence-corrected chi connectivity index (χ3v) is 3.87. The van der Waals surface area contributed by atoms with Gasteiger partial charge in [0.25, 0.3) is 0 Å². The molecule has 3 rings (SSSR count). The van der Waals surface area contributed by atoms with Gasteiger partial charge in [-0.1, -0.05) is 39.7 Å². The Morgan fingerprint density at radius 2 is 1.85 bits per heavy atom. The van der Waals surface area contributed by atoms with Gasteiger partial charge in [-0.15, -0.1) is 0 Å². The van der Waals surface area contributed by atoms with Crippen molar-refractivity contribution in [3.63, 3.8) is 0 Å². The number of benzene rings is 2. The predicted octanol–water partition coefficient (Wildman–Crippen LogP) is 4.06. The number of furan rings is 1. The number of hydrazine groups is 1. The molecule has 0 aliphatic rings. The van der Waals surface area contributed by atoms with Crippen LogP contribution in [0.1, 0.15) is 22.9 Å². The number of nitrogens with two attached hydrogens (primary N) is 1. The summed E-state index contributed by atoms with van der Waals surface area (Å²) < 4.78 is 6.95. The molecule has 1 aromatic heterocycles. The maximum absolute atomic E-state index is 5.91. The fourth-order valence-corrected chi connectivity index (χ4v) is 2.59. The maximum atomic E-state index is 5.91. The van der Waals surface area contributed by atoms with Crippen LogP contribution in [-0.2, 0) is 0 Å². The topological polar surface area (TPSA) is 51.2 Å². The van der Waals surface area contributed by atoms with Gasteiger partial charge in [-0.25, -0.2) is 5.43 Å². The molecule has 1 atom stereocenters. The summed E-state index contributed by atoms with van der Waals surface area (Å²) in [6.07, 6.45) is 0. The molecule has 1 unspecified atom stereocenters. The first-order valence-corrected chi connectivity index (χ1v) is 7.18. The van der Waals surface area contributed by atoms with Gasteiger partial charge in [0.15, 0.2) is 0 Å². The highest BCUT2D eigenvalue weighted by Gasteiger charge is 2.17. The molecule has 0 saturated carbocycles. The molecule has 0 radical (unpaired) electrons. The monoisotopic (exact) mass is 330 g/mol. The van der Waals surface area contributed by atoms with Gasteiger partial charge in [-0.3, -0.25) is 5.84 Å². The van der Waals surface area contributed by atoms with E-state index in [1.54, 1.807) is 0 Å². The van der Waals surface area contributed by atoms with Crippen LogP contribution in [0.3, 0.4) is 0 Å². The molecule has 20 heavy (non-hydrogen) atoms. The van der Waals surface area contributed by atoms with E-state index in [2.05, 4.69) is 34.3 Å². The molecule has 3 N–H and O–H groups in total. The Balaban J connectivity index is 2.04. The summed E-state index contributed by atoms with van der Waals surface area (Å²) in [5.41, 5.74) is 5.97. The van der Waals surface area contributed by atoms with Gasteiger partial charge in [-0.05, 0) is 42.8 Å². The van der Waals surface area contributed by atoms with E-state index in [1.165, 1.54) is 5.56 Å². The molecule has 4 heteroatoms. The van der Waals surface area contributed by atoms with Gasteiger partial charge in [-0.2, -0.15) is 0 Å². The van der Waals surface area contributed by atoms with Crippen LogP contribution in [0.15, 0.2) is 57.4 Å². The van der Waals surface area contributed by atoms with E-state index < -0.39 is 0 Å². The highest BCUT2D eigenvalue weighted by molar-refractivity contribution is 9.10. The largest absolute Gasteiger partial charge is 0.459 e. The van der Waals surface area contributed by atoms with Crippen LogP contribution in [0, 0.1) is 6.92 Å². The highest BCUT2D eigenvalue weighted by Crippen LogP contribution is 2.29. The Hall–Kier alpha value is -1.62. The van der Waals surface area contributed by atoms with Crippen molar-refractivity contribution in [2.24, 2.45) is 5.84 Å². The van der Waals surface area contributed by atoms with Gasteiger partial charge in [0.05, 0.1) is 0 Å². The number of rotatable bonds is 3. The van der Waals surface area contributed by atoms with Crippen molar-refractivity contribution in [2.45, 2.75) is 13.0 Å². The minimum atomic E-state index is -0.157. The highest BCUT2D eigenvalue weighted by atomic mass is 79.9. The van der Waals surface area contributed by atoms with Crippen LogP contribution in [-0.4, -0.2) is 0 Å². The van der Waals surface area contributed by atoms with Gasteiger partial charge < -0.3 is 4.42 Å². The lowest BCUT2D eigenvalue weighted by Gasteiger charge is -2.13. The first kappa shape index (κ1) is 13.4. The summed E-state index contributed by atoms with van der Waals surface area (Å²) in [5, 5.41) is 1.09. The van der Waals surface area contributed by atoms with Gasteiger partial charge in [0.2, 0.25) is 0 Å². The lowest BCUT2D eigenvalue weighted by atomic mass is 10.0. The van der Waals surface area contributed by atoms with Crippen LogP contribution < -0.4 is 11.3 Å². The Morgan fingerprint density at radius 3 is 2.55 bits per heavy atom. The SMILES string of the molecule is Cc1ccc2oc(C(NN)c3ccc(Br)cc3)cc2c1. The van der Waals surface area contributed by atoms with Crippen molar-refractivity contribution in [3.8, 4) is 0 Å². The second-order valence-electron chi connectivity index (χ2n) is 4.84. The summed E-state index contributed by atoms with van der Waals surface area (Å²) in [4.78, 5) is 0. The summed E-state index contributed by atoms with van der Waals surface area (Å²) in [6.45, 7) is 2.07. The molecule has 0 aliphatic heterocycles. The van der Waals surface area contributed by atoms with E-state index in [0.29, 0.717) is 0 Å². The summed E-state index contributed by atoms with van der Waals surface area (Å²) in [5.74, 6) is 6.52. The summed E-state index contributed by atoms with van der Waals surface area (Å²) >= 11 is 3.43. The normalized spacial score (nSPS) is 12.8. The number of aryl methyl sites for hydroxylation is 1. The van der Waals surface area contributed by atoms with Gasteiger partial charge in [0, 0.05) is 9.86 Å². The van der Waals surface area contributed by atoms with Crippen molar-refractivity contribution in [3.05, 3.63) is 69.9 Å². The standard InChI is InChI=1S/C16H15BrN2O/c1-10-2-7-14-12(8-10)9-15(20-14)16(19-18)11-3-5-13(17)6-4-11/h2-9,16,19H,18H2,1H3. The smallest absolute Gasteiger partial charge is 0.134 e. The lowest BCUT2D eigenvalue weighted by molar-refractivity contribution is 0.477. The van der Waals surface area contributed by atoms with Gasteiger partial charge >= 0.3 is 0 Å². The van der Waals surface area contributed by atoms with E-state index in [-0.39, 0.29) is 6.04 Å². The maximum Gasteiger partial charge on any atom is 0.134 e. The fourth-order valence-electron chi connectivity index (χ4n) is 2.32. The first-order chi connectivity index (χ1) is 9.67. The lowest BCUT2D eigenvalue weighted by Crippen LogP contribution is -2.28. The third kappa shape index (κ3) is 2.50. The van der Waals surface area contributed by atoms with Gasteiger partial charge in [0.1, 0.15) is 17.4 Å². The predicted molar refractivity (Wildman–Crippen MR) is 84.3 cm³/mol. The molecule has 3 nitrogen and oxygen atoms in total. The van der Waals surface area contributed by atoms with Crippen LogP contribution in [0.5, 0.6) is 0 Å². The minimum Gasteiger partial charge on any atom is -0.459 e. The number of fused-ring (bicyclic) bond motifs is 1. The average Bonchev–Trinajstić information content (AvgIpc) is 2.84. The second kappa shape index (κ2) is 5.40. The molecule has 2 aromatic carbocycles. The first-order valence-electron chi connectivity index (χ1n) is 6.39. The molecule has 1 heterocycles. The Kier molecular flexibility index (Phi) is 3.61. The molecular weight excluding hydrogens is 316 g/mol. The molecule has 0 spiro atoms. The van der Waals surface area contributed by atoms with Crippen LogP contribution in [0.4, 0.5) is 0 Å². The molecule has 0 aliphatic carbocycles. The number of halogens is 1. The Morgan fingerprint density at radius 1 is 1.10 bits per heavy atom. The molecular formula is C16H15BrN2O. The average molecular weight is 331 g/mol. The number of hydrogen-bond acceptors (Lipinski definition) is 3. The molecule has 0 fully saturated rings. The quantitative estimate of drug-likeness (QED) is 0.562. The zero-order valence-electron chi connectivity index (χ0n) is 11.1. The van der Waals surface area contributed by atoms with E-state index in [1.807, 2.05) is 42.5 Å². The Labute approximate surface area is 125 Å². The minimum absolute atomic E-state index is 0.157. The van der Waals surface area contributed by atoms with Crippen molar-refractivity contribution < 1.29 is 4.42 Å². The van der Waals surface area contributed by atoms with E-state index in [0.717, 1.165) is 26.8 Å². The molecule has 102 valence electrons. The second-order valence-corrected chi connectivity index (χ2v) is 5.76. The Bertz CT molecular complexity index is 734. The van der Waals surface area contributed by atoms with Crippen LogP contribution >= 0.6 is 15.9 Å².